The Kier molecular flexibility index (Phi) is 5.81. The molecule has 0 aliphatic rings. The van der Waals surface area contributed by atoms with E-state index in [-0.39, 0.29) is 0 Å². The highest BCUT2D eigenvalue weighted by Crippen LogP contribution is 2.24. The Morgan fingerprint density at radius 1 is 1.56 bits per heavy atom. The van der Waals surface area contributed by atoms with E-state index in [4.69, 9.17) is 5.11 Å². The highest BCUT2D eigenvalue weighted by molar-refractivity contribution is 6.23. The third kappa shape index (κ3) is 7.69. The van der Waals surface area contributed by atoms with Crippen molar-refractivity contribution in [1.29, 1.82) is 0 Å². The van der Waals surface area contributed by atoms with Crippen LogP contribution in [0.3, 0.4) is 0 Å². The van der Waals surface area contributed by atoms with Crippen LogP contribution in [0.1, 0.15) is 13.8 Å². The van der Waals surface area contributed by atoms with E-state index in [0.717, 1.165) is 0 Å². The molecule has 1 N–H and O–H groups in total. The Hall–Kier alpha value is -0.310. The maximum Gasteiger partial charge on any atom is 0.378 e. The molecular formula is C5H9ClF2O. The maximum absolute atomic E-state index is 11.3. The van der Waals surface area contributed by atoms with Gasteiger partial charge in [-0.1, -0.05) is 20.4 Å². The summed E-state index contributed by atoms with van der Waals surface area (Å²) in [5.74, 6) is -1.32. The molecule has 0 amide bonds. The van der Waals surface area contributed by atoms with E-state index in [1.54, 1.807) is 0 Å². The number of aliphatic hydroxyl groups excluding tert-OH is 1. The second-order valence-electron chi connectivity index (χ2n) is 0.944. The summed E-state index contributed by atoms with van der Waals surface area (Å²) in [5.41, 5.74) is 0. The molecule has 0 aromatic rings. The van der Waals surface area contributed by atoms with Gasteiger partial charge < -0.3 is 5.11 Å². The minimum Gasteiger partial charge on any atom is -0.506 e. The Bertz CT molecular complexity index is 87.4. The van der Waals surface area contributed by atoms with Crippen LogP contribution in [0.15, 0.2) is 12.3 Å². The van der Waals surface area contributed by atoms with Gasteiger partial charge >= 0.3 is 5.38 Å². The lowest BCUT2D eigenvalue weighted by atomic mass is 10.6. The molecule has 0 aliphatic heterocycles. The van der Waals surface area contributed by atoms with Crippen molar-refractivity contribution in [2.75, 3.05) is 0 Å². The van der Waals surface area contributed by atoms with E-state index < -0.39 is 11.1 Å². The maximum atomic E-state index is 11.3. The SMILES string of the molecule is C=C(O)C(F)(F)Cl.CC. The first-order valence-corrected chi connectivity index (χ1v) is 2.77. The van der Waals surface area contributed by atoms with Crippen molar-refractivity contribution in [2.45, 2.75) is 19.2 Å². The molecule has 56 valence electrons. The summed E-state index contributed by atoms with van der Waals surface area (Å²) in [6.07, 6.45) is 0. The summed E-state index contributed by atoms with van der Waals surface area (Å²) in [6.45, 7) is 6.50. The molecule has 0 saturated carbocycles. The zero-order valence-corrected chi connectivity index (χ0v) is 6.04. The van der Waals surface area contributed by atoms with Crippen molar-refractivity contribution in [3.8, 4) is 0 Å². The Labute approximate surface area is 57.9 Å². The zero-order chi connectivity index (χ0) is 8.08. The van der Waals surface area contributed by atoms with Gasteiger partial charge in [-0.05, 0) is 11.6 Å². The molecule has 0 bridgehead atoms. The van der Waals surface area contributed by atoms with Crippen LogP contribution in [-0.2, 0) is 0 Å². The molecule has 9 heavy (non-hydrogen) atoms. The van der Waals surface area contributed by atoms with Crippen molar-refractivity contribution in [3.63, 3.8) is 0 Å². The zero-order valence-electron chi connectivity index (χ0n) is 5.29. The van der Waals surface area contributed by atoms with Crippen molar-refractivity contribution in [3.05, 3.63) is 12.3 Å². The van der Waals surface area contributed by atoms with Crippen LogP contribution < -0.4 is 0 Å². The smallest absolute Gasteiger partial charge is 0.378 e. The Balaban J connectivity index is 0. The lowest BCUT2D eigenvalue weighted by molar-refractivity contribution is 0.0856. The lowest BCUT2D eigenvalue weighted by Crippen LogP contribution is -2.07. The fourth-order valence-electron chi connectivity index (χ4n) is 0. The molecular weight excluding hydrogens is 150 g/mol. The monoisotopic (exact) mass is 158 g/mol. The van der Waals surface area contributed by atoms with Crippen molar-refractivity contribution in [2.24, 2.45) is 0 Å². The first kappa shape index (κ1) is 11.5. The van der Waals surface area contributed by atoms with Crippen molar-refractivity contribution >= 4 is 11.6 Å². The highest BCUT2D eigenvalue weighted by atomic mass is 35.5. The number of alkyl halides is 3. The van der Waals surface area contributed by atoms with Crippen LogP contribution in [0, 0.1) is 0 Å². The summed E-state index contributed by atoms with van der Waals surface area (Å²) in [5, 5.41) is 4.15. The largest absolute Gasteiger partial charge is 0.506 e. The number of hydrogen-bond donors (Lipinski definition) is 1. The number of hydrogen-bond acceptors (Lipinski definition) is 1. The van der Waals surface area contributed by atoms with Gasteiger partial charge in [0.15, 0.2) is 5.76 Å². The van der Waals surface area contributed by atoms with Gasteiger partial charge in [-0.3, -0.25) is 0 Å². The minimum atomic E-state index is -3.67. The van der Waals surface area contributed by atoms with E-state index in [2.05, 4.69) is 18.2 Å². The predicted molar refractivity (Wildman–Crippen MR) is 33.9 cm³/mol. The van der Waals surface area contributed by atoms with Crippen molar-refractivity contribution in [1.82, 2.24) is 0 Å². The minimum absolute atomic E-state index is 1.32. The van der Waals surface area contributed by atoms with Crippen LogP contribution in [0.4, 0.5) is 8.78 Å². The van der Waals surface area contributed by atoms with E-state index in [0.29, 0.717) is 0 Å². The molecule has 0 aromatic carbocycles. The Morgan fingerprint density at radius 2 is 1.67 bits per heavy atom. The fraction of sp³-hybridized carbons (Fsp3) is 0.600. The molecule has 0 unspecified atom stereocenters. The van der Waals surface area contributed by atoms with Gasteiger partial charge in [0, 0.05) is 0 Å². The van der Waals surface area contributed by atoms with Gasteiger partial charge in [0.05, 0.1) is 0 Å². The lowest BCUT2D eigenvalue weighted by Gasteiger charge is -2.01. The third-order valence-corrected chi connectivity index (χ3v) is 0.545. The highest BCUT2D eigenvalue weighted by Gasteiger charge is 2.28. The number of halogens is 3. The van der Waals surface area contributed by atoms with Gasteiger partial charge in [0.1, 0.15) is 0 Å². The summed E-state index contributed by atoms with van der Waals surface area (Å²) in [6, 6.07) is 0. The number of rotatable bonds is 1. The van der Waals surface area contributed by atoms with E-state index in [9.17, 15) is 8.78 Å². The molecule has 0 spiro atoms. The van der Waals surface area contributed by atoms with Gasteiger partial charge in [-0.2, -0.15) is 8.78 Å². The average Bonchev–Trinajstić information content (AvgIpc) is 1.69. The standard InChI is InChI=1S/C3H3ClF2O.C2H6/c1-2(7)3(4,5)6;1-2/h7H,1H2;1-2H3. The number of aliphatic hydroxyl groups is 1. The first-order chi connectivity index (χ1) is 3.94. The molecule has 0 atom stereocenters. The van der Waals surface area contributed by atoms with Crippen LogP contribution >= 0.6 is 11.6 Å². The quantitative estimate of drug-likeness (QED) is 0.460. The van der Waals surface area contributed by atoms with Crippen LogP contribution in [0.5, 0.6) is 0 Å². The molecule has 0 aromatic heterocycles. The normalized spacial score (nSPS) is 9.44. The molecule has 1 nitrogen and oxygen atoms in total. The van der Waals surface area contributed by atoms with E-state index in [1.807, 2.05) is 13.8 Å². The summed E-state index contributed by atoms with van der Waals surface area (Å²) in [7, 11) is 0. The second kappa shape index (κ2) is 4.56. The molecule has 0 rings (SSSR count). The third-order valence-electron chi connectivity index (χ3n) is 0.327. The van der Waals surface area contributed by atoms with Crippen molar-refractivity contribution < 1.29 is 13.9 Å². The average molecular weight is 159 g/mol. The van der Waals surface area contributed by atoms with Gasteiger partial charge in [0.2, 0.25) is 0 Å². The first-order valence-electron chi connectivity index (χ1n) is 2.39. The van der Waals surface area contributed by atoms with E-state index in [1.165, 1.54) is 0 Å². The number of allylic oxidation sites excluding steroid dienone is 1. The topological polar surface area (TPSA) is 20.2 Å². The molecule has 0 radical (unpaired) electrons. The molecule has 0 fully saturated rings. The second-order valence-corrected chi connectivity index (χ2v) is 1.42. The predicted octanol–water partition coefficient (Wildman–Crippen LogP) is 2.92. The van der Waals surface area contributed by atoms with E-state index >= 15 is 0 Å². The molecule has 4 heteroatoms. The van der Waals surface area contributed by atoms with Gasteiger partial charge in [-0.25, -0.2) is 0 Å². The summed E-state index contributed by atoms with van der Waals surface area (Å²) in [4.78, 5) is 0. The van der Waals surface area contributed by atoms with Crippen LogP contribution in [0.2, 0.25) is 0 Å². The van der Waals surface area contributed by atoms with Crippen LogP contribution in [0.25, 0.3) is 0 Å². The van der Waals surface area contributed by atoms with Gasteiger partial charge in [-0.15, -0.1) is 0 Å². The Morgan fingerprint density at radius 3 is 1.67 bits per heavy atom. The van der Waals surface area contributed by atoms with Crippen LogP contribution in [-0.4, -0.2) is 10.5 Å². The molecule has 0 saturated heterocycles. The molecule has 0 aliphatic carbocycles. The molecule has 0 heterocycles. The fourth-order valence-corrected chi connectivity index (χ4v) is 0. The summed E-state index contributed by atoms with van der Waals surface area (Å²) < 4.78 is 22.5. The summed E-state index contributed by atoms with van der Waals surface area (Å²) >= 11 is 4.19. The van der Waals surface area contributed by atoms with Gasteiger partial charge in [0.25, 0.3) is 0 Å².